The van der Waals surface area contributed by atoms with E-state index in [0.29, 0.717) is 18.8 Å². The molecule has 2 amide bonds. The number of carbonyl (C=O) groups is 2. The van der Waals surface area contributed by atoms with E-state index in [1.165, 1.54) is 9.80 Å². The normalized spacial score (nSPS) is 14.7. The maximum absolute atomic E-state index is 11.8. The minimum absolute atomic E-state index is 0.315. The van der Waals surface area contributed by atoms with Crippen molar-refractivity contribution >= 4 is 18.2 Å². The molecule has 1 aliphatic rings. The Balaban J connectivity index is 1.79. The number of carboxylic acid groups (broad SMARTS) is 1. The number of anilines is 1. The molecule has 0 spiro atoms. The second kappa shape index (κ2) is 6.70. The van der Waals surface area contributed by atoms with E-state index in [0.717, 1.165) is 24.8 Å². The summed E-state index contributed by atoms with van der Waals surface area (Å²) in [4.78, 5) is 30.3. The molecule has 1 aromatic carbocycles. The van der Waals surface area contributed by atoms with Gasteiger partial charge in [-0.1, -0.05) is 30.3 Å². The van der Waals surface area contributed by atoms with Gasteiger partial charge in [0.25, 0.3) is 0 Å². The molecule has 1 fully saturated rings. The molecule has 1 aliphatic carbocycles. The molecule has 0 radical (unpaired) electrons. The Morgan fingerprint density at radius 1 is 1.21 bits per heavy atom. The minimum atomic E-state index is -0.964. The van der Waals surface area contributed by atoms with Crippen molar-refractivity contribution in [2.75, 3.05) is 11.4 Å². The van der Waals surface area contributed by atoms with Gasteiger partial charge in [-0.3, -0.25) is 14.7 Å². The second-order valence-electron chi connectivity index (χ2n) is 6.02. The Morgan fingerprint density at radius 2 is 1.96 bits per heavy atom. The van der Waals surface area contributed by atoms with Crippen LogP contribution in [0.25, 0.3) is 0 Å². The fraction of sp³-hybridized carbons (Fsp3) is 0.278. The number of pyridine rings is 1. The van der Waals surface area contributed by atoms with E-state index in [4.69, 9.17) is 0 Å². The first kappa shape index (κ1) is 16.0. The molecule has 6 nitrogen and oxygen atoms in total. The summed E-state index contributed by atoms with van der Waals surface area (Å²) in [5, 5.41) is 9.67. The summed E-state index contributed by atoms with van der Waals surface area (Å²) < 4.78 is 0. The summed E-state index contributed by atoms with van der Waals surface area (Å²) in [5.74, 6) is 0. The third kappa shape index (κ3) is 3.37. The molecule has 24 heavy (non-hydrogen) atoms. The van der Waals surface area contributed by atoms with E-state index in [1.807, 2.05) is 30.3 Å². The molecule has 0 bridgehead atoms. The number of hydrogen-bond acceptors (Lipinski definition) is 3. The zero-order valence-corrected chi connectivity index (χ0v) is 13.2. The third-order valence-electron chi connectivity index (χ3n) is 4.38. The first-order valence-corrected chi connectivity index (χ1v) is 7.81. The molecule has 6 heteroatoms. The fourth-order valence-corrected chi connectivity index (χ4v) is 2.89. The number of amides is 2. The molecule has 1 aromatic heterocycles. The van der Waals surface area contributed by atoms with Gasteiger partial charge in [-0.25, -0.2) is 4.79 Å². The molecule has 1 saturated carbocycles. The zero-order valence-electron chi connectivity index (χ0n) is 13.2. The second-order valence-corrected chi connectivity index (χ2v) is 6.02. The highest BCUT2D eigenvalue weighted by atomic mass is 16.4. The van der Waals surface area contributed by atoms with Crippen molar-refractivity contribution in [1.29, 1.82) is 0 Å². The molecule has 0 atom stereocenters. The summed E-state index contributed by atoms with van der Waals surface area (Å²) in [6, 6.07) is 13.0. The lowest BCUT2D eigenvalue weighted by Gasteiger charge is -2.33. The highest BCUT2D eigenvalue weighted by Gasteiger charge is 2.51. The van der Waals surface area contributed by atoms with Crippen molar-refractivity contribution < 1.29 is 14.7 Å². The number of nitrogens with zero attached hydrogens (tertiary/aromatic N) is 3. The van der Waals surface area contributed by atoms with Crippen LogP contribution in [0.1, 0.15) is 18.4 Å². The molecule has 1 heterocycles. The van der Waals surface area contributed by atoms with Crippen LogP contribution < -0.4 is 4.90 Å². The van der Waals surface area contributed by atoms with Gasteiger partial charge in [-0.2, -0.15) is 0 Å². The fourth-order valence-electron chi connectivity index (χ4n) is 2.89. The van der Waals surface area contributed by atoms with Crippen LogP contribution in [0.4, 0.5) is 10.5 Å². The molecule has 0 unspecified atom stereocenters. The molecular weight excluding hydrogens is 306 g/mol. The lowest BCUT2D eigenvalue weighted by molar-refractivity contribution is -0.107. The van der Waals surface area contributed by atoms with Crippen LogP contribution in [0.3, 0.4) is 0 Å². The highest BCUT2D eigenvalue weighted by molar-refractivity contribution is 5.75. The summed E-state index contributed by atoms with van der Waals surface area (Å²) in [6.07, 6.45) is 4.51. The van der Waals surface area contributed by atoms with Crippen molar-refractivity contribution in [3.63, 3.8) is 0 Å². The zero-order chi connectivity index (χ0) is 17.0. The van der Waals surface area contributed by atoms with Gasteiger partial charge in [0, 0.05) is 19.3 Å². The maximum atomic E-state index is 11.8. The Hall–Kier alpha value is -2.89. The van der Waals surface area contributed by atoms with Crippen molar-refractivity contribution in [3.05, 3.63) is 60.4 Å². The van der Waals surface area contributed by atoms with E-state index in [1.54, 1.807) is 24.5 Å². The van der Waals surface area contributed by atoms with Gasteiger partial charge in [0.15, 0.2) is 0 Å². The Bertz CT molecular complexity index is 702. The summed E-state index contributed by atoms with van der Waals surface area (Å²) >= 11 is 0. The number of carbonyl (C=O) groups excluding carboxylic acids is 1. The van der Waals surface area contributed by atoms with Crippen molar-refractivity contribution in [2.24, 2.45) is 0 Å². The van der Waals surface area contributed by atoms with Crippen LogP contribution in [0.5, 0.6) is 0 Å². The highest BCUT2D eigenvalue weighted by Crippen LogP contribution is 2.43. The molecule has 0 saturated heterocycles. The number of benzene rings is 1. The molecule has 1 N–H and O–H groups in total. The number of rotatable bonds is 7. The molecule has 124 valence electrons. The van der Waals surface area contributed by atoms with E-state index in [2.05, 4.69) is 4.98 Å². The largest absolute Gasteiger partial charge is 0.465 e. The van der Waals surface area contributed by atoms with Crippen molar-refractivity contribution in [1.82, 2.24) is 9.88 Å². The van der Waals surface area contributed by atoms with Crippen LogP contribution in [0.15, 0.2) is 54.9 Å². The first-order chi connectivity index (χ1) is 11.6. The van der Waals surface area contributed by atoms with Crippen LogP contribution in [-0.4, -0.2) is 39.6 Å². The lowest BCUT2D eigenvalue weighted by atomic mass is 10.1. The van der Waals surface area contributed by atoms with Crippen molar-refractivity contribution in [2.45, 2.75) is 24.9 Å². The molecule has 0 aliphatic heterocycles. The standard InChI is InChI=1S/C18H19N3O3/c22-14-20(16-7-4-10-19-11-16)13-18(8-9-18)21(17(23)24)12-15-5-2-1-3-6-15/h1-7,10-11,14H,8-9,12-13H2,(H,23,24). The molecular formula is C18H19N3O3. The third-order valence-corrected chi connectivity index (χ3v) is 4.38. The topological polar surface area (TPSA) is 73.7 Å². The Morgan fingerprint density at radius 3 is 2.50 bits per heavy atom. The van der Waals surface area contributed by atoms with Crippen LogP contribution >= 0.6 is 0 Å². The average Bonchev–Trinajstić information content (AvgIpc) is 3.39. The summed E-state index contributed by atoms with van der Waals surface area (Å²) in [6.45, 7) is 0.650. The summed E-state index contributed by atoms with van der Waals surface area (Å²) in [5.41, 5.74) is 1.08. The van der Waals surface area contributed by atoms with Gasteiger partial charge in [0.05, 0.1) is 17.4 Å². The van der Waals surface area contributed by atoms with Crippen LogP contribution in [0, 0.1) is 0 Å². The Kier molecular flexibility index (Phi) is 4.46. The van der Waals surface area contributed by atoms with E-state index >= 15 is 0 Å². The van der Waals surface area contributed by atoms with Gasteiger partial charge in [-0.15, -0.1) is 0 Å². The maximum Gasteiger partial charge on any atom is 0.408 e. The van der Waals surface area contributed by atoms with E-state index in [-0.39, 0.29) is 0 Å². The van der Waals surface area contributed by atoms with Gasteiger partial charge in [0.2, 0.25) is 6.41 Å². The quantitative estimate of drug-likeness (QED) is 0.794. The van der Waals surface area contributed by atoms with E-state index < -0.39 is 11.6 Å². The predicted molar refractivity (Wildman–Crippen MR) is 89.6 cm³/mol. The first-order valence-electron chi connectivity index (χ1n) is 7.81. The lowest BCUT2D eigenvalue weighted by Crippen LogP contribution is -2.48. The Labute approximate surface area is 140 Å². The summed E-state index contributed by atoms with van der Waals surface area (Å²) in [7, 11) is 0. The van der Waals surface area contributed by atoms with Gasteiger partial charge in [-0.05, 0) is 30.5 Å². The smallest absolute Gasteiger partial charge is 0.408 e. The van der Waals surface area contributed by atoms with E-state index in [9.17, 15) is 14.7 Å². The van der Waals surface area contributed by atoms with Crippen LogP contribution in [0.2, 0.25) is 0 Å². The number of aromatic nitrogens is 1. The monoisotopic (exact) mass is 325 g/mol. The van der Waals surface area contributed by atoms with Gasteiger partial charge in [0.1, 0.15) is 0 Å². The van der Waals surface area contributed by atoms with Crippen molar-refractivity contribution in [3.8, 4) is 0 Å². The van der Waals surface area contributed by atoms with Gasteiger partial charge < -0.3 is 10.0 Å². The average molecular weight is 325 g/mol. The molecule has 2 aromatic rings. The molecule has 3 rings (SSSR count). The number of hydrogen-bond donors (Lipinski definition) is 1. The minimum Gasteiger partial charge on any atom is -0.465 e. The van der Waals surface area contributed by atoms with Crippen LogP contribution in [-0.2, 0) is 11.3 Å². The SMILES string of the molecule is O=CN(CC1(N(Cc2ccccc2)C(=O)O)CC1)c1cccnc1. The predicted octanol–water partition coefficient (Wildman–Crippen LogP) is 2.76. The van der Waals surface area contributed by atoms with Gasteiger partial charge >= 0.3 is 6.09 Å².